The second kappa shape index (κ2) is 6.16. The van der Waals surface area contributed by atoms with Crippen LogP contribution in [-0.4, -0.2) is 37.1 Å². The summed E-state index contributed by atoms with van der Waals surface area (Å²) in [6.45, 7) is 4.23. The van der Waals surface area contributed by atoms with Crippen molar-refractivity contribution < 1.29 is 14.3 Å². The highest BCUT2D eigenvalue weighted by atomic mass is 16.5. The Labute approximate surface area is 120 Å². The zero-order valence-corrected chi connectivity index (χ0v) is 12.7. The van der Waals surface area contributed by atoms with Crippen molar-refractivity contribution in [2.45, 2.75) is 45.2 Å². The molecule has 4 nitrogen and oxygen atoms in total. The summed E-state index contributed by atoms with van der Waals surface area (Å²) < 4.78 is 10.5. The summed E-state index contributed by atoms with van der Waals surface area (Å²) in [5, 5.41) is 0. The topological polar surface area (TPSA) is 38.8 Å². The van der Waals surface area contributed by atoms with Crippen molar-refractivity contribution in [2.75, 3.05) is 14.2 Å². The van der Waals surface area contributed by atoms with Gasteiger partial charge in [0.1, 0.15) is 11.5 Å². The van der Waals surface area contributed by atoms with Crippen LogP contribution in [0.1, 0.15) is 43.5 Å². The fraction of sp³-hybridized carbons (Fsp3) is 0.562. The number of hydrogen-bond donors (Lipinski definition) is 0. The Balaban J connectivity index is 2.32. The maximum atomic E-state index is 12.8. The number of nitrogens with zero attached hydrogens (tertiary/aromatic N) is 1. The molecule has 1 amide bonds. The minimum atomic E-state index is 0.0456. The number of likely N-dealkylation sites (tertiary alicyclic amines) is 1. The summed E-state index contributed by atoms with van der Waals surface area (Å²) in [6, 6.07) is 5.89. The first-order valence-corrected chi connectivity index (χ1v) is 7.13. The number of carbonyl (C=O) groups is 1. The van der Waals surface area contributed by atoms with E-state index in [0.29, 0.717) is 17.1 Å². The Bertz CT molecular complexity index is 477. The lowest BCUT2D eigenvalue weighted by atomic mass is 9.96. The van der Waals surface area contributed by atoms with Crippen LogP contribution in [0.15, 0.2) is 18.2 Å². The van der Waals surface area contributed by atoms with E-state index in [-0.39, 0.29) is 18.0 Å². The van der Waals surface area contributed by atoms with Crippen LogP contribution in [0.25, 0.3) is 0 Å². The van der Waals surface area contributed by atoms with E-state index >= 15 is 0 Å². The number of ether oxygens (including phenoxy) is 2. The molecule has 0 spiro atoms. The molecule has 0 bridgehead atoms. The zero-order valence-electron chi connectivity index (χ0n) is 12.7. The molecule has 1 aliphatic heterocycles. The number of rotatable bonds is 3. The minimum Gasteiger partial charge on any atom is -0.497 e. The second-order valence-electron chi connectivity index (χ2n) is 5.41. The normalized spacial score (nSPS) is 22.5. The van der Waals surface area contributed by atoms with Gasteiger partial charge in [-0.2, -0.15) is 0 Å². The number of amides is 1. The number of carbonyl (C=O) groups excluding carboxylic acids is 1. The quantitative estimate of drug-likeness (QED) is 0.852. The average molecular weight is 277 g/mol. The van der Waals surface area contributed by atoms with Crippen molar-refractivity contribution in [3.63, 3.8) is 0 Å². The lowest BCUT2D eigenvalue weighted by Gasteiger charge is -2.39. The molecule has 0 aromatic heterocycles. The Morgan fingerprint density at radius 1 is 1.15 bits per heavy atom. The third-order valence-corrected chi connectivity index (χ3v) is 4.07. The molecule has 0 N–H and O–H groups in total. The number of methoxy groups -OCH3 is 2. The molecule has 2 rings (SSSR count). The van der Waals surface area contributed by atoms with Gasteiger partial charge in [0, 0.05) is 18.2 Å². The SMILES string of the molecule is COc1ccc(C(=O)N2[C@H](C)CCC[C@@H]2C)c(OC)c1. The zero-order chi connectivity index (χ0) is 14.7. The van der Waals surface area contributed by atoms with Crippen LogP contribution in [-0.2, 0) is 0 Å². The average Bonchev–Trinajstić information content (AvgIpc) is 2.46. The Morgan fingerprint density at radius 2 is 1.80 bits per heavy atom. The van der Waals surface area contributed by atoms with Crippen molar-refractivity contribution in [1.29, 1.82) is 0 Å². The molecule has 1 heterocycles. The van der Waals surface area contributed by atoms with E-state index < -0.39 is 0 Å². The lowest BCUT2D eigenvalue weighted by Crippen LogP contribution is -2.47. The van der Waals surface area contributed by atoms with Crippen LogP contribution in [0.4, 0.5) is 0 Å². The van der Waals surface area contributed by atoms with Crippen molar-refractivity contribution in [2.24, 2.45) is 0 Å². The highest BCUT2D eigenvalue weighted by Gasteiger charge is 2.31. The van der Waals surface area contributed by atoms with Gasteiger partial charge in [0.05, 0.1) is 19.8 Å². The van der Waals surface area contributed by atoms with E-state index in [1.165, 1.54) is 6.42 Å². The predicted octanol–water partition coefficient (Wildman–Crippen LogP) is 3.11. The summed E-state index contributed by atoms with van der Waals surface area (Å²) in [4.78, 5) is 14.8. The van der Waals surface area contributed by atoms with Crippen LogP contribution < -0.4 is 9.47 Å². The van der Waals surface area contributed by atoms with Crippen LogP contribution in [0.5, 0.6) is 11.5 Å². The predicted molar refractivity (Wildman–Crippen MR) is 78.5 cm³/mol. The van der Waals surface area contributed by atoms with E-state index in [1.54, 1.807) is 32.4 Å². The molecular weight excluding hydrogens is 254 g/mol. The van der Waals surface area contributed by atoms with E-state index in [9.17, 15) is 4.79 Å². The third kappa shape index (κ3) is 2.74. The van der Waals surface area contributed by atoms with Gasteiger partial charge in [-0.1, -0.05) is 0 Å². The van der Waals surface area contributed by atoms with Gasteiger partial charge >= 0.3 is 0 Å². The largest absolute Gasteiger partial charge is 0.497 e. The highest BCUT2D eigenvalue weighted by Crippen LogP contribution is 2.30. The standard InChI is InChI=1S/C16H23NO3/c1-11-6-5-7-12(2)17(11)16(18)14-9-8-13(19-3)10-15(14)20-4/h8-12H,5-7H2,1-4H3/t11-,12+. The van der Waals surface area contributed by atoms with Gasteiger partial charge in [0.15, 0.2) is 0 Å². The molecule has 1 aliphatic rings. The van der Waals surface area contributed by atoms with E-state index in [0.717, 1.165) is 12.8 Å². The molecule has 2 atom stereocenters. The summed E-state index contributed by atoms with van der Waals surface area (Å²) in [6.07, 6.45) is 3.31. The molecule has 4 heteroatoms. The molecule has 1 aromatic carbocycles. The molecule has 20 heavy (non-hydrogen) atoms. The molecule has 110 valence electrons. The monoisotopic (exact) mass is 277 g/mol. The van der Waals surface area contributed by atoms with Gasteiger partial charge in [-0.3, -0.25) is 4.79 Å². The summed E-state index contributed by atoms with van der Waals surface area (Å²) in [7, 11) is 3.18. The van der Waals surface area contributed by atoms with Crippen LogP contribution in [0.2, 0.25) is 0 Å². The van der Waals surface area contributed by atoms with Gasteiger partial charge in [-0.05, 0) is 45.2 Å². The highest BCUT2D eigenvalue weighted by molar-refractivity contribution is 5.97. The molecule has 0 radical (unpaired) electrons. The molecule has 1 aromatic rings. The molecule has 1 saturated heterocycles. The smallest absolute Gasteiger partial charge is 0.258 e. The number of benzene rings is 1. The second-order valence-corrected chi connectivity index (χ2v) is 5.41. The number of piperidine rings is 1. The van der Waals surface area contributed by atoms with Crippen LogP contribution >= 0.6 is 0 Å². The summed E-state index contributed by atoms with van der Waals surface area (Å²) in [5.41, 5.74) is 0.605. The van der Waals surface area contributed by atoms with Crippen LogP contribution in [0.3, 0.4) is 0 Å². The van der Waals surface area contributed by atoms with Crippen molar-refractivity contribution in [3.8, 4) is 11.5 Å². The van der Waals surface area contributed by atoms with E-state index in [1.807, 2.05) is 4.90 Å². The van der Waals surface area contributed by atoms with Crippen molar-refractivity contribution in [3.05, 3.63) is 23.8 Å². The molecule has 0 aliphatic carbocycles. The van der Waals surface area contributed by atoms with Crippen molar-refractivity contribution in [1.82, 2.24) is 4.90 Å². The van der Waals surface area contributed by atoms with Gasteiger partial charge < -0.3 is 14.4 Å². The van der Waals surface area contributed by atoms with Crippen molar-refractivity contribution >= 4 is 5.91 Å². The summed E-state index contributed by atoms with van der Waals surface area (Å²) >= 11 is 0. The number of hydrogen-bond acceptors (Lipinski definition) is 3. The van der Waals surface area contributed by atoms with Gasteiger partial charge in [-0.25, -0.2) is 0 Å². The first-order chi connectivity index (χ1) is 9.58. The third-order valence-electron chi connectivity index (χ3n) is 4.07. The first kappa shape index (κ1) is 14.7. The minimum absolute atomic E-state index is 0.0456. The van der Waals surface area contributed by atoms with Crippen LogP contribution in [0, 0.1) is 0 Å². The van der Waals surface area contributed by atoms with Gasteiger partial charge in [-0.15, -0.1) is 0 Å². The fourth-order valence-electron chi connectivity index (χ4n) is 2.94. The maximum Gasteiger partial charge on any atom is 0.258 e. The van der Waals surface area contributed by atoms with Gasteiger partial charge in [0.2, 0.25) is 0 Å². The van der Waals surface area contributed by atoms with E-state index in [2.05, 4.69) is 13.8 Å². The Morgan fingerprint density at radius 3 is 2.35 bits per heavy atom. The first-order valence-electron chi connectivity index (χ1n) is 7.13. The molecule has 1 fully saturated rings. The fourth-order valence-corrected chi connectivity index (χ4v) is 2.94. The van der Waals surface area contributed by atoms with E-state index in [4.69, 9.17) is 9.47 Å². The molecule has 0 saturated carbocycles. The summed E-state index contributed by atoms with van der Waals surface area (Å²) in [5.74, 6) is 1.31. The Hall–Kier alpha value is -1.71. The molecular formula is C16H23NO3. The lowest BCUT2D eigenvalue weighted by molar-refractivity contribution is 0.0507. The molecule has 0 unspecified atom stereocenters. The Kier molecular flexibility index (Phi) is 4.53. The maximum absolute atomic E-state index is 12.8. The van der Waals surface area contributed by atoms with Gasteiger partial charge in [0.25, 0.3) is 5.91 Å².